The molecule has 2 N–H and O–H groups in total. The van der Waals surface area contributed by atoms with Crippen molar-refractivity contribution in [1.82, 2.24) is 5.32 Å². The lowest BCUT2D eigenvalue weighted by Crippen LogP contribution is -2.47. The minimum atomic E-state index is -0.0744. The van der Waals surface area contributed by atoms with E-state index in [-0.39, 0.29) is 17.7 Å². The Morgan fingerprint density at radius 3 is 2.79 bits per heavy atom. The SMILES string of the molecule is CCOC1CC(NC(=O)c2ccc(O)c(CC)c2)C1. The monoisotopic (exact) mass is 263 g/mol. The van der Waals surface area contributed by atoms with Gasteiger partial charge in [0.15, 0.2) is 0 Å². The number of phenolic OH excluding ortho intramolecular Hbond substituents is 1. The van der Waals surface area contributed by atoms with Gasteiger partial charge in [0.2, 0.25) is 0 Å². The lowest BCUT2D eigenvalue weighted by atomic mass is 9.89. The van der Waals surface area contributed by atoms with Gasteiger partial charge in [-0.2, -0.15) is 0 Å². The van der Waals surface area contributed by atoms with Gasteiger partial charge in [0, 0.05) is 18.2 Å². The van der Waals surface area contributed by atoms with Crippen LogP contribution < -0.4 is 5.32 Å². The molecular formula is C15H21NO3. The van der Waals surface area contributed by atoms with Crippen molar-refractivity contribution < 1.29 is 14.6 Å². The minimum Gasteiger partial charge on any atom is -0.508 e. The van der Waals surface area contributed by atoms with Gasteiger partial charge in [0.1, 0.15) is 5.75 Å². The standard InChI is InChI=1S/C15H21NO3/c1-3-10-7-11(5-6-14(10)17)15(18)16-12-8-13(9-12)19-4-2/h5-7,12-13,17H,3-4,8-9H2,1-2H3,(H,16,18). The molecule has 0 heterocycles. The van der Waals surface area contributed by atoms with E-state index in [9.17, 15) is 9.90 Å². The number of benzene rings is 1. The minimum absolute atomic E-state index is 0.0744. The lowest BCUT2D eigenvalue weighted by molar-refractivity contribution is -0.00862. The van der Waals surface area contributed by atoms with Crippen LogP contribution in [0.25, 0.3) is 0 Å². The second-order valence-electron chi connectivity index (χ2n) is 4.92. The number of amides is 1. The molecule has 19 heavy (non-hydrogen) atoms. The summed E-state index contributed by atoms with van der Waals surface area (Å²) in [6.07, 6.45) is 2.78. The van der Waals surface area contributed by atoms with Crippen molar-refractivity contribution in [2.45, 2.75) is 45.3 Å². The number of nitrogens with one attached hydrogen (secondary N) is 1. The summed E-state index contributed by atoms with van der Waals surface area (Å²) >= 11 is 0. The van der Waals surface area contributed by atoms with E-state index >= 15 is 0 Å². The number of carbonyl (C=O) groups is 1. The number of aromatic hydroxyl groups is 1. The van der Waals surface area contributed by atoms with Crippen LogP contribution in [-0.2, 0) is 11.2 Å². The number of carbonyl (C=O) groups excluding carboxylic acids is 1. The highest BCUT2D eigenvalue weighted by molar-refractivity contribution is 5.94. The summed E-state index contributed by atoms with van der Waals surface area (Å²) in [4.78, 5) is 12.1. The number of hydrogen-bond acceptors (Lipinski definition) is 3. The highest BCUT2D eigenvalue weighted by Gasteiger charge is 2.30. The summed E-state index contributed by atoms with van der Waals surface area (Å²) in [6.45, 7) is 4.66. The van der Waals surface area contributed by atoms with Crippen LogP contribution in [0.3, 0.4) is 0 Å². The molecule has 0 atom stereocenters. The molecule has 1 aliphatic carbocycles. The van der Waals surface area contributed by atoms with E-state index in [1.807, 2.05) is 13.8 Å². The Morgan fingerprint density at radius 2 is 2.16 bits per heavy atom. The molecule has 0 saturated heterocycles. The Kier molecular flexibility index (Phi) is 4.43. The Hall–Kier alpha value is -1.55. The van der Waals surface area contributed by atoms with Gasteiger partial charge in [-0.3, -0.25) is 4.79 Å². The van der Waals surface area contributed by atoms with Crippen LogP contribution in [0.15, 0.2) is 18.2 Å². The van der Waals surface area contributed by atoms with Crippen LogP contribution in [-0.4, -0.2) is 29.8 Å². The third-order valence-electron chi connectivity index (χ3n) is 3.55. The summed E-state index contributed by atoms with van der Waals surface area (Å²) in [5.41, 5.74) is 1.41. The summed E-state index contributed by atoms with van der Waals surface area (Å²) in [7, 11) is 0. The predicted molar refractivity (Wildman–Crippen MR) is 73.4 cm³/mol. The fourth-order valence-electron chi connectivity index (χ4n) is 2.33. The summed E-state index contributed by atoms with van der Waals surface area (Å²) < 4.78 is 5.46. The van der Waals surface area contributed by atoms with E-state index in [1.54, 1.807) is 18.2 Å². The van der Waals surface area contributed by atoms with Crippen molar-refractivity contribution in [3.63, 3.8) is 0 Å². The highest BCUT2D eigenvalue weighted by Crippen LogP contribution is 2.24. The van der Waals surface area contributed by atoms with Gasteiger partial charge in [-0.05, 0) is 49.9 Å². The van der Waals surface area contributed by atoms with E-state index in [0.29, 0.717) is 18.1 Å². The topological polar surface area (TPSA) is 58.6 Å². The third-order valence-corrected chi connectivity index (χ3v) is 3.55. The first-order valence-corrected chi connectivity index (χ1v) is 6.88. The fraction of sp³-hybridized carbons (Fsp3) is 0.533. The van der Waals surface area contributed by atoms with Crippen molar-refractivity contribution in [3.8, 4) is 5.75 Å². The van der Waals surface area contributed by atoms with Gasteiger partial charge in [0.05, 0.1) is 6.10 Å². The Bertz CT molecular complexity index is 453. The second-order valence-corrected chi connectivity index (χ2v) is 4.92. The zero-order chi connectivity index (χ0) is 13.8. The molecule has 0 bridgehead atoms. The van der Waals surface area contributed by atoms with E-state index in [2.05, 4.69) is 5.32 Å². The summed E-state index contributed by atoms with van der Waals surface area (Å²) in [5.74, 6) is 0.175. The van der Waals surface area contributed by atoms with Gasteiger partial charge >= 0.3 is 0 Å². The number of hydrogen-bond donors (Lipinski definition) is 2. The molecule has 1 aromatic carbocycles. The zero-order valence-corrected chi connectivity index (χ0v) is 11.5. The quantitative estimate of drug-likeness (QED) is 0.856. The number of phenols is 1. The van der Waals surface area contributed by atoms with Gasteiger partial charge in [-0.25, -0.2) is 0 Å². The zero-order valence-electron chi connectivity index (χ0n) is 11.5. The Balaban J connectivity index is 1.90. The maximum atomic E-state index is 12.1. The molecule has 104 valence electrons. The molecule has 0 radical (unpaired) electrons. The lowest BCUT2D eigenvalue weighted by Gasteiger charge is -2.35. The summed E-state index contributed by atoms with van der Waals surface area (Å²) in [5, 5.41) is 12.6. The summed E-state index contributed by atoms with van der Waals surface area (Å²) in [6, 6.07) is 5.20. The van der Waals surface area contributed by atoms with Crippen LogP contribution in [0.4, 0.5) is 0 Å². The van der Waals surface area contributed by atoms with Crippen molar-refractivity contribution >= 4 is 5.91 Å². The average Bonchev–Trinajstić information content (AvgIpc) is 2.36. The Morgan fingerprint density at radius 1 is 1.42 bits per heavy atom. The van der Waals surface area contributed by atoms with Crippen LogP contribution in [0.2, 0.25) is 0 Å². The highest BCUT2D eigenvalue weighted by atomic mass is 16.5. The number of rotatable bonds is 5. The van der Waals surface area contributed by atoms with Gasteiger partial charge in [0.25, 0.3) is 5.91 Å². The van der Waals surface area contributed by atoms with Gasteiger partial charge in [-0.1, -0.05) is 6.92 Å². The average molecular weight is 263 g/mol. The first-order valence-electron chi connectivity index (χ1n) is 6.88. The van der Waals surface area contributed by atoms with Crippen LogP contribution in [0.5, 0.6) is 5.75 Å². The molecule has 0 aromatic heterocycles. The molecule has 0 aliphatic heterocycles. The van der Waals surface area contributed by atoms with Crippen molar-refractivity contribution in [2.24, 2.45) is 0 Å². The van der Waals surface area contributed by atoms with Crippen LogP contribution in [0.1, 0.15) is 42.6 Å². The number of ether oxygens (including phenoxy) is 1. The molecule has 1 amide bonds. The van der Waals surface area contributed by atoms with Gasteiger partial charge in [-0.15, -0.1) is 0 Å². The van der Waals surface area contributed by atoms with E-state index in [4.69, 9.17) is 4.74 Å². The largest absolute Gasteiger partial charge is 0.508 e. The normalized spacial score (nSPS) is 21.8. The maximum absolute atomic E-state index is 12.1. The van der Waals surface area contributed by atoms with E-state index < -0.39 is 0 Å². The molecule has 2 rings (SSSR count). The molecule has 0 spiro atoms. The molecule has 1 aliphatic rings. The molecule has 0 unspecified atom stereocenters. The van der Waals surface area contributed by atoms with Crippen LogP contribution in [0, 0.1) is 0 Å². The molecule has 1 aromatic rings. The maximum Gasteiger partial charge on any atom is 0.251 e. The van der Waals surface area contributed by atoms with E-state index in [1.165, 1.54) is 0 Å². The smallest absolute Gasteiger partial charge is 0.251 e. The number of aryl methyl sites for hydroxylation is 1. The van der Waals surface area contributed by atoms with Crippen LogP contribution >= 0.6 is 0 Å². The third kappa shape index (κ3) is 3.26. The van der Waals surface area contributed by atoms with Crippen molar-refractivity contribution in [1.29, 1.82) is 0 Å². The van der Waals surface area contributed by atoms with Crippen molar-refractivity contribution in [3.05, 3.63) is 29.3 Å². The van der Waals surface area contributed by atoms with E-state index in [0.717, 1.165) is 25.0 Å². The first-order chi connectivity index (χ1) is 9.13. The Labute approximate surface area is 113 Å². The molecule has 1 saturated carbocycles. The van der Waals surface area contributed by atoms with Gasteiger partial charge < -0.3 is 15.2 Å². The molecule has 4 nitrogen and oxygen atoms in total. The second kappa shape index (κ2) is 6.06. The fourth-order valence-corrected chi connectivity index (χ4v) is 2.33. The molecule has 4 heteroatoms. The molecule has 1 fully saturated rings. The van der Waals surface area contributed by atoms with Crippen molar-refractivity contribution in [2.75, 3.05) is 6.61 Å². The predicted octanol–water partition coefficient (Wildman–Crippen LogP) is 2.25. The first kappa shape index (κ1) is 13.9. The molecular weight excluding hydrogens is 242 g/mol.